The molecule has 1 aromatic carbocycles. The Balaban J connectivity index is 2.12. The summed E-state index contributed by atoms with van der Waals surface area (Å²) in [6, 6.07) is 5.18. The van der Waals surface area contributed by atoms with E-state index in [-0.39, 0.29) is 0 Å². The molecule has 17 heavy (non-hydrogen) atoms. The lowest BCUT2D eigenvalue weighted by molar-refractivity contribution is 0.172. The number of nitrogens with zero attached hydrogens (tertiary/aromatic N) is 1. The third-order valence-electron chi connectivity index (χ3n) is 2.44. The van der Waals surface area contributed by atoms with Gasteiger partial charge in [-0.2, -0.15) is 0 Å². The summed E-state index contributed by atoms with van der Waals surface area (Å²) in [6.07, 6.45) is 0. The first kappa shape index (κ1) is 10.3. The van der Waals surface area contributed by atoms with Gasteiger partial charge in [0.2, 0.25) is 0 Å². The van der Waals surface area contributed by atoms with Crippen LogP contribution < -0.4 is 15.2 Å². The van der Waals surface area contributed by atoms with Gasteiger partial charge in [-0.05, 0) is 12.1 Å². The molecule has 0 unspecified atom stereocenters. The molecule has 6 heteroatoms. The zero-order valence-corrected chi connectivity index (χ0v) is 9.53. The molecular formula is C11H9ClN2O3. The third kappa shape index (κ3) is 1.68. The van der Waals surface area contributed by atoms with Crippen molar-refractivity contribution in [1.82, 2.24) is 5.16 Å². The van der Waals surface area contributed by atoms with Crippen molar-refractivity contribution < 1.29 is 14.0 Å². The average Bonchev–Trinajstić information content (AvgIpc) is 2.77. The van der Waals surface area contributed by atoms with Crippen molar-refractivity contribution in [2.45, 2.75) is 0 Å². The van der Waals surface area contributed by atoms with Crippen LogP contribution in [-0.2, 0) is 0 Å². The predicted molar refractivity (Wildman–Crippen MR) is 62.4 cm³/mol. The molecule has 5 nitrogen and oxygen atoms in total. The molecule has 1 aliphatic heterocycles. The van der Waals surface area contributed by atoms with Gasteiger partial charge in [0.25, 0.3) is 0 Å². The summed E-state index contributed by atoms with van der Waals surface area (Å²) in [5.74, 6) is 1.98. The predicted octanol–water partition coefficient (Wildman–Crippen LogP) is 2.35. The molecular weight excluding hydrogens is 244 g/mol. The number of anilines is 1. The molecule has 88 valence electrons. The number of hydrogen-bond acceptors (Lipinski definition) is 5. The maximum Gasteiger partial charge on any atom is 0.180 e. The first-order valence-corrected chi connectivity index (χ1v) is 5.44. The highest BCUT2D eigenvalue weighted by Crippen LogP contribution is 2.43. The zero-order valence-electron chi connectivity index (χ0n) is 8.77. The van der Waals surface area contributed by atoms with Crippen LogP contribution in [0.5, 0.6) is 11.5 Å². The maximum absolute atomic E-state index is 6.24. The van der Waals surface area contributed by atoms with E-state index in [4.69, 9.17) is 31.3 Å². The van der Waals surface area contributed by atoms with E-state index in [1.165, 1.54) is 0 Å². The first-order chi connectivity index (χ1) is 8.25. The Labute approximate surface area is 102 Å². The van der Waals surface area contributed by atoms with E-state index >= 15 is 0 Å². The van der Waals surface area contributed by atoms with E-state index in [0.717, 1.165) is 0 Å². The fraction of sp³-hybridized carbons (Fsp3) is 0.182. The van der Waals surface area contributed by atoms with Crippen molar-refractivity contribution in [3.05, 3.63) is 23.2 Å². The SMILES string of the molecule is Nc1cc(-c2ccc3c(c2Cl)OCCO3)on1. The number of nitrogen functional groups attached to an aromatic ring is 1. The minimum absolute atomic E-state index is 0.311. The summed E-state index contributed by atoms with van der Waals surface area (Å²) < 4.78 is 16.0. The average molecular weight is 253 g/mol. The summed E-state index contributed by atoms with van der Waals surface area (Å²) in [5, 5.41) is 4.06. The van der Waals surface area contributed by atoms with Crippen molar-refractivity contribution in [1.29, 1.82) is 0 Å². The largest absolute Gasteiger partial charge is 0.486 e. The highest BCUT2D eigenvalue weighted by molar-refractivity contribution is 6.35. The lowest BCUT2D eigenvalue weighted by Gasteiger charge is -2.20. The number of hydrogen-bond donors (Lipinski definition) is 1. The summed E-state index contributed by atoms with van der Waals surface area (Å²) in [4.78, 5) is 0. The van der Waals surface area contributed by atoms with Crippen LogP contribution >= 0.6 is 11.6 Å². The van der Waals surface area contributed by atoms with E-state index in [0.29, 0.717) is 46.9 Å². The van der Waals surface area contributed by atoms with Crippen molar-refractivity contribution >= 4 is 17.4 Å². The maximum atomic E-state index is 6.24. The highest BCUT2D eigenvalue weighted by Gasteiger charge is 2.20. The van der Waals surface area contributed by atoms with E-state index < -0.39 is 0 Å². The monoisotopic (exact) mass is 252 g/mol. The normalized spacial score (nSPS) is 13.7. The Hall–Kier alpha value is -1.88. The summed E-state index contributed by atoms with van der Waals surface area (Å²) in [5.41, 5.74) is 6.18. The summed E-state index contributed by atoms with van der Waals surface area (Å²) in [6.45, 7) is 1.01. The Morgan fingerprint density at radius 1 is 1.24 bits per heavy atom. The Morgan fingerprint density at radius 2 is 2.06 bits per heavy atom. The van der Waals surface area contributed by atoms with Crippen molar-refractivity contribution in [2.75, 3.05) is 18.9 Å². The molecule has 2 aromatic rings. The van der Waals surface area contributed by atoms with Gasteiger partial charge in [-0.25, -0.2) is 0 Å². The van der Waals surface area contributed by atoms with Gasteiger partial charge in [-0.3, -0.25) is 0 Å². The highest BCUT2D eigenvalue weighted by atomic mass is 35.5. The number of aromatic nitrogens is 1. The van der Waals surface area contributed by atoms with Crippen LogP contribution in [0.4, 0.5) is 5.82 Å². The van der Waals surface area contributed by atoms with E-state index in [1.807, 2.05) is 0 Å². The topological polar surface area (TPSA) is 70.5 Å². The molecule has 0 saturated carbocycles. The standard InChI is InChI=1S/C11H9ClN2O3/c12-10-6(8-5-9(13)14-17-8)1-2-7-11(10)16-4-3-15-7/h1-2,5H,3-4H2,(H2,13,14). The molecule has 0 radical (unpaired) electrons. The zero-order chi connectivity index (χ0) is 11.8. The van der Waals surface area contributed by atoms with Gasteiger partial charge in [-0.15, -0.1) is 0 Å². The molecule has 0 spiro atoms. The number of nitrogens with two attached hydrogens (primary N) is 1. The summed E-state index contributed by atoms with van der Waals surface area (Å²) in [7, 11) is 0. The Morgan fingerprint density at radius 3 is 2.82 bits per heavy atom. The van der Waals surface area contributed by atoms with Gasteiger partial charge in [0.05, 0.1) is 5.02 Å². The smallest absolute Gasteiger partial charge is 0.180 e. The Kier molecular flexibility index (Phi) is 2.33. The molecule has 0 fully saturated rings. The van der Waals surface area contributed by atoms with Crippen LogP contribution in [0.25, 0.3) is 11.3 Å². The molecule has 0 bridgehead atoms. The second-order valence-corrected chi connectivity index (χ2v) is 3.95. The quantitative estimate of drug-likeness (QED) is 0.844. The molecule has 0 atom stereocenters. The molecule has 0 aliphatic carbocycles. The van der Waals surface area contributed by atoms with Crippen LogP contribution in [0.3, 0.4) is 0 Å². The van der Waals surface area contributed by atoms with Crippen LogP contribution in [0.1, 0.15) is 0 Å². The number of fused-ring (bicyclic) bond motifs is 1. The molecule has 2 N–H and O–H groups in total. The lowest BCUT2D eigenvalue weighted by atomic mass is 10.1. The molecule has 0 amide bonds. The van der Waals surface area contributed by atoms with Crippen LogP contribution in [0.15, 0.2) is 22.7 Å². The minimum atomic E-state index is 0.311. The number of ether oxygens (including phenoxy) is 2. The number of benzene rings is 1. The lowest BCUT2D eigenvalue weighted by Crippen LogP contribution is -2.15. The molecule has 2 heterocycles. The molecule has 0 saturated heterocycles. The van der Waals surface area contributed by atoms with Crippen molar-refractivity contribution in [2.24, 2.45) is 0 Å². The fourth-order valence-corrected chi connectivity index (χ4v) is 1.99. The molecule has 1 aromatic heterocycles. The minimum Gasteiger partial charge on any atom is -0.486 e. The molecule has 1 aliphatic rings. The van der Waals surface area contributed by atoms with Gasteiger partial charge in [0.1, 0.15) is 13.2 Å². The summed E-state index contributed by atoms with van der Waals surface area (Å²) >= 11 is 6.24. The van der Waals surface area contributed by atoms with E-state index in [2.05, 4.69) is 5.16 Å². The molecule has 3 rings (SSSR count). The van der Waals surface area contributed by atoms with Gasteiger partial charge >= 0.3 is 0 Å². The van der Waals surface area contributed by atoms with Crippen molar-refractivity contribution in [3.8, 4) is 22.8 Å². The van der Waals surface area contributed by atoms with Gasteiger partial charge in [0.15, 0.2) is 23.1 Å². The van der Waals surface area contributed by atoms with E-state index in [9.17, 15) is 0 Å². The van der Waals surface area contributed by atoms with Gasteiger partial charge in [0, 0.05) is 11.6 Å². The third-order valence-corrected chi connectivity index (χ3v) is 2.82. The second-order valence-electron chi connectivity index (χ2n) is 3.57. The van der Waals surface area contributed by atoms with E-state index in [1.54, 1.807) is 18.2 Å². The van der Waals surface area contributed by atoms with Crippen LogP contribution in [0.2, 0.25) is 5.02 Å². The second kappa shape index (κ2) is 3.85. The number of halogens is 1. The van der Waals surface area contributed by atoms with Crippen molar-refractivity contribution in [3.63, 3.8) is 0 Å². The van der Waals surface area contributed by atoms with Crippen LogP contribution in [0, 0.1) is 0 Å². The number of rotatable bonds is 1. The van der Waals surface area contributed by atoms with Gasteiger partial charge < -0.3 is 19.7 Å². The van der Waals surface area contributed by atoms with Crippen LogP contribution in [-0.4, -0.2) is 18.4 Å². The fourth-order valence-electron chi connectivity index (χ4n) is 1.69. The first-order valence-electron chi connectivity index (χ1n) is 5.06. The Bertz CT molecular complexity index is 568. The van der Waals surface area contributed by atoms with Gasteiger partial charge in [-0.1, -0.05) is 16.8 Å².